The van der Waals surface area contributed by atoms with Crippen LogP contribution in [0, 0.1) is 12.3 Å². The molecule has 2 aromatic rings. The first-order valence-corrected chi connectivity index (χ1v) is 7.43. The van der Waals surface area contributed by atoms with Gasteiger partial charge >= 0.3 is 5.97 Å². The molecule has 0 fully saturated rings. The van der Waals surface area contributed by atoms with E-state index in [-0.39, 0.29) is 0 Å². The fourth-order valence-electron chi connectivity index (χ4n) is 1.94. The molecule has 0 amide bonds. The summed E-state index contributed by atoms with van der Waals surface area (Å²) in [4.78, 5) is 11.2. The highest BCUT2D eigenvalue weighted by Gasteiger charge is 2.27. The maximum atomic E-state index is 11.2. The number of carbonyl (C=O) groups is 1. The Labute approximate surface area is 138 Å². The zero-order valence-corrected chi connectivity index (χ0v) is 13.9. The van der Waals surface area contributed by atoms with E-state index in [0.29, 0.717) is 11.3 Å². The summed E-state index contributed by atoms with van der Waals surface area (Å²) in [5.41, 5.74) is -0.365. The summed E-state index contributed by atoms with van der Waals surface area (Å²) in [5.74, 6) is 3.50. The molecule has 0 saturated heterocycles. The van der Waals surface area contributed by atoms with Crippen molar-refractivity contribution >= 4 is 21.9 Å². The number of benzene rings is 2. The van der Waals surface area contributed by atoms with Crippen LogP contribution < -0.4 is 4.74 Å². The van der Waals surface area contributed by atoms with Crippen LogP contribution in [0.5, 0.6) is 11.5 Å². The van der Waals surface area contributed by atoms with Crippen molar-refractivity contribution in [3.8, 4) is 23.8 Å². The van der Waals surface area contributed by atoms with Crippen LogP contribution in [-0.4, -0.2) is 5.97 Å². The summed E-state index contributed by atoms with van der Waals surface area (Å²) >= 11 is 3.37. The van der Waals surface area contributed by atoms with Crippen LogP contribution in [0.2, 0.25) is 0 Å². The zero-order chi connectivity index (χ0) is 16.2. The quantitative estimate of drug-likeness (QED) is 0.589. The van der Waals surface area contributed by atoms with Crippen molar-refractivity contribution in [2.75, 3.05) is 0 Å². The van der Waals surface area contributed by atoms with Gasteiger partial charge in [-0.3, -0.25) is 4.79 Å². The van der Waals surface area contributed by atoms with Gasteiger partial charge in [-0.1, -0.05) is 34.0 Å². The molecule has 0 spiro atoms. The second kappa shape index (κ2) is 6.67. The number of carbonyl (C=O) groups excluding carboxylic acids is 1. The molecule has 4 heteroatoms. The molecule has 1 atom stereocenters. The molecule has 0 aliphatic rings. The summed E-state index contributed by atoms with van der Waals surface area (Å²) in [6.45, 7) is 3.01. The number of halogens is 1. The molecular weight excluding hydrogens is 344 g/mol. The van der Waals surface area contributed by atoms with E-state index in [4.69, 9.17) is 15.9 Å². The molecule has 1 unspecified atom stereocenters. The van der Waals surface area contributed by atoms with Gasteiger partial charge in [-0.05, 0) is 43.3 Å². The van der Waals surface area contributed by atoms with Crippen molar-refractivity contribution in [1.29, 1.82) is 0 Å². The first-order valence-electron chi connectivity index (χ1n) is 6.64. The molecule has 0 aliphatic carbocycles. The van der Waals surface area contributed by atoms with Crippen LogP contribution in [0.4, 0.5) is 0 Å². The average Bonchev–Trinajstić information content (AvgIpc) is 2.49. The third kappa shape index (κ3) is 3.90. The maximum Gasteiger partial charge on any atom is 0.304 e. The summed E-state index contributed by atoms with van der Waals surface area (Å²) in [5, 5.41) is 0. The number of rotatable bonds is 4. The number of hydrogen-bond donors (Lipinski definition) is 0. The Morgan fingerprint density at radius 3 is 2.05 bits per heavy atom. The zero-order valence-electron chi connectivity index (χ0n) is 12.3. The van der Waals surface area contributed by atoms with E-state index >= 15 is 0 Å². The van der Waals surface area contributed by atoms with Crippen LogP contribution in [0.25, 0.3) is 0 Å². The fraction of sp³-hybridized carbons (Fsp3) is 0.167. The fourth-order valence-corrected chi connectivity index (χ4v) is 2.20. The van der Waals surface area contributed by atoms with Gasteiger partial charge in [0.1, 0.15) is 11.5 Å². The lowest BCUT2D eigenvalue weighted by atomic mass is 9.96. The van der Waals surface area contributed by atoms with Crippen molar-refractivity contribution in [2.24, 2.45) is 0 Å². The second-order valence-corrected chi connectivity index (χ2v) is 5.77. The van der Waals surface area contributed by atoms with E-state index in [2.05, 4.69) is 21.9 Å². The molecule has 2 aromatic carbocycles. The van der Waals surface area contributed by atoms with Crippen LogP contribution in [0.1, 0.15) is 19.4 Å². The van der Waals surface area contributed by atoms with E-state index in [1.54, 1.807) is 31.2 Å². The molecule has 22 heavy (non-hydrogen) atoms. The smallest absolute Gasteiger partial charge is 0.304 e. The second-order valence-electron chi connectivity index (χ2n) is 4.85. The molecule has 0 heterocycles. The molecule has 0 aromatic heterocycles. The van der Waals surface area contributed by atoms with Gasteiger partial charge < -0.3 is 9.47 Å². The Balaban J connectivity index is 2.17. The lowest BCUT2D eigenvalue weighted by molar-refractivity contribution is -0.151. The third-order valence-electron chi connectivity index (χ3n) is 3.08. The monoisotopic (exact) mass is 358 g/mol. The largest absolute Gasteiger partial charge is 0.457 e. The van der Waals surface area contributed by atoms with Crippen LogP contribution >= 0.6 is 15.9 Å². The van der Waals surface area contributed by atoms with Crippen LogP contribution in [0.15, 0.2) is 53.0 Å². The number of ether oxygens (including phenoxy) is 2. The molecule has 2 rings (SSSR count). The lowest BCUT2D eigenvalue weighted by Crippen LogP contribution is -2.26. The summed E-state index contributed by atoms with van der Waals surface area (Å²) in [6, 6.07) is 14.7. The molecule has 0 aliphatic heterocycles. The minimum absolute atomic E-state index is 0.421. The normalized spacial score (nSPS) is 12.8. The topological polar surface area (TPSA) is 35.5 Å². The van der Waals surface area contributed by atoms with E-state index in [9.17, 15) is 4.79 Å². The van der Waals surface area contributed by atoms with Gasteiger partial charge in [-0.25, -0.2) is 0 Å². The van der Waals surface area contributed by atoms with Gasteiger partial charge in [-0.2, -0.15) is 0 Å². The highest BCUT2D eigenvalue weighted by molar-refractivity contribution is 9.10. The molecule has 112 valence electrons. The van der Waals surface area contributed by atoms with E-state index in [1.165, 1.54) is 6.92 Å². The predicted octanol–water partition coefficient (Wildman–Crippen LogP) is 4.65. The lowest BCUT2D eigenvalue weighted by Gasteiger charge is -2.23. The van der Waals surface area contributed by atoms with E-state index < -0.39 is 11.6 Å². The average molecular weight is 359 g/mol. The van der Waals surface area contributed by atoms with E-state index in [0.717, 1.165) is 10.2 Å². The number of hydrogen-bond acceptors (Lipinski definition) is 3. The standard InChI is InChI=1S/C18H15BrO3/c1-4-18(3,22-13(2)20)14-5-9-16(10-6-14)21-17-11-7-15(19)8-12-17/h1,5-12H,2-3H3. The SMILES string of the molecule is C#CC(C)(OC(C)=O)c1ccc(Oc2ccc(Br)cc2)cc1. The molecule has 0 N–H and O–H groups in total. The van der Waals surface area contributed by atoms with Crippen molar-refractivity contribution in [3.63, 3.8) is 0 Å². The van der Waals surface area contributed by atoms with Gasteiger partial charge in [0.05, 0.1) is 0 Å². The van der Waals surface area contributed by atoms with Crippen LogP contribution in [-0.2, 0) is 15.1 Å². The molecule has 3 nitrogen and oxygen atoms in total. The van der Waals surface area contributed by atoms with Gasteiger partial charge in [0.2, 0.25) is 0 Å². The molecule has 0 radical (unpaired) electrons. The number of terminal acetylenes is 1. The summed E-state index contributed by atoms with van der Waals surface area (Å²) in [6.07, 6.45) is 5.50. The predicted molar refractivity (Wildman–Crippen MR) is 88.6 cm³/mol. The number of esters is 1. The van der Waals surface area contributed by atoms with Crippen molar-refractivity contribution < 1.29 is 14.3 Å². The Bertz CT molecular complexity index is 699. The highest BCUT2D eigenvalue weighted by atomic mass is 79.9. The Morgan fingerprint density at radius 1 is 1.09 bits per heavy atom. The van der Waals surface area contributed by atoms with Gasteiger partial charge in [-0.15, -0.1) is 6.42 Å². The maximum absolute atomic E-state index is 11.2. The first-order chi connectivity index (χ1) is 10.4. The Morgan fingerprint density at radius 2 is 1.59 bits per heavy atom. The van der Waals surface area contributed by atoms with Crippen LogP contribution in [0.3, 0.4) is 0 Å². The van der Waals surface area contributed by atoms with E-state index in [1.807, 2.05) is 24.3 Å². The first kappa shape index (κ1) is 16.1. The third-order valence-corrected chi connectivity index (χ3v) is 3.61. The van der Waals surface area contributed by atoms with Gasteiger partial charge in [0, 0.05) is 17.0 Å². The summed E-state index contributed by atoms with van der Waals surface area (Å²) < 4.78 is 11.9. The Hall–Kier alpha value is -2.25. The molecule has 0 bridgehead atoms. The van der Waals surface area contributed by atoms with Crippen molar-refractivity contribution in [3.05, 3.63) is 58.6 Å². The highest BCUT2D eigenvalue weighted by Crippen LogP contribution is 2.29. The Kier molecular flexibility index (Phi) is 4.89. The van der Waals surface area contributed by atoms with Crippen molar-refractivity contribution in [1.82, 2.24) is 0 Å². The molecular formula is C18H15BrO3. The minimum atomic E-state index is -1.08. The summed E-state index contributed by atoms with van der Waals surface area (Å²) in [7, 11) is 0. The molecule has 0 saturated carbocycles. The van der Waals surface area contributed by atoms with Gasteiger partial charge in [0.25, 0.3) is 0 Å². The minimum Gasteiger partial charge on any atom is -0.457 e. The van der Waals surface area contributed by atoms with Gasteiger partial charge in [0.15, 0.2) is 5.60 Å². The van der Waals surface area contributed by atoms with Crippen molar-refractivity contribution in [2.45, 2.75) is 19.4 Å².